The van der Waals surface area contributed by atoms with Gasteiger partial charge in [0.1, 0.15) is 0 Å². The highest BCUT2D eigenvalue weighted by atomic mass is 32.1. The third kappa shape index (κ3) is 3.94. The number of nitrogens with one attached hydrogen (secondary N) is 2. The van der Waals surface area contributed by atoms with Crippen molar-refractivity contribution in [1.82, 2.24) is 20.2 Å². The third-order valence-corrected chi connectivity index (χ3v) is 4.17. The van der Waals surface area contributed by atoms with E-state index in [1.807, 2.05) is 31.4 Å². The molecule has 0 bridgehead atoms. The van der Waals surface area contributed by atoms with Crippen LogP contribution in [0.2, 0.25) is 0 Å². The average molecular weight is 320 g/mol. The summed E-state index contributed by atoms with van der Waals surface area (Å²) in [6.07, 6.45) is 0.510. The van der Waals surface area contributed by atoms with Crippen LogP contribution in [0.1, 0.15) is 23.5 Å². The summed E-state index contributed by atoms with van der Waals surface area (Å²) in [7, 11) is 1.58. The summed E-state index contributed by atoms with van der Waals surface area (Å²) in [6, 6.07) is 4.09. The van der Waals surface area contributed by atoms with E-state index in [1.54, 1.807) is 7.05 Å². The molecule has 7 heteroatoms. The van der Waals surface area contributed by atoms with Crippen LogP contribution in [0.5, 0.6) is 0 Å². The smallest absolute Gasteiger partial charge is 0.226 e. The van der Waals surface area contributed by atoms with Gasteiger partial charge in [-0.2, -0.15) is 0 Å². The lowest BCUT2D eigenvalue weighted by Crippen LogP contribution is -2.30. The molecule has 0 aliphatic heterocycles. The predicted octanol–water partition coefficient (Wildman–Crippen LogP) is 1.35. The summed E-state index contributed by atoms with van der Waals surface area (Å²) in [4.78, 5) is 27.4. The molecule has 2 N–H and O–H groups in total. The average Bonchev–Trinajstić information content (AvgIpc) is 3.05. The molecule has 6 nitrogen and oxygen atoms in total. The second-order valence-corrected chi connectivity index (χ2v) is 5.86. The normalized spacial score (nSPS) is 10.5. The van der Waals surface area contributed by atoms with Crippen molar-refractivity contribution in [3.63, 3.8) is 0 Å². The van der Waals surface area contributed by atoms with Gasteiger partial charge in [0.25, 0.3) is 0 Å². The van der Waals surface area contributed by atoms with Crippen molar-refractivity contribution in [2.75, 3.05) is 13.6 Å². The van der Waals surface area contributed by atoms with Crippen LogP contribution >= 0.6 is 11.3 Å². The fourth-order valence-electron chi connectivity index (χ4n) is 2.12. The van der Waals surface area contributed by atoms with Gasteiger partial charge in [-0.25, -0.2) is 4.98 Å². The minimum absolute atomic E-state index is 0.0881. The van der Waals surface area contributed by atoms with Gasteiger partial charge >= 0.3 is 0 Å². The molecule has 118 valence electrons. The number of hydrogen-bond acceptors (Lipinski definition) is 4. The van der Waals surface area contributed by atoms with Crippen molar-refractivity contribution in [1.29, 1.82) is 0 Å². The van der Waals surface area contributed by atoms with Crippen molar-refractivity contribution < 1.29 is 9.59 Å². The Labute approximate surface area is 133 Å². The van der Waals surface area contributed by atoms with Gasteiger partial charge in [-0.1, -0.05) is 0 Å². The van der Waals surface area contributed by atoms with E-state index in [2.05, 4.69) is 20.2 Å². The number of nitrogens with zero attached hydrogens (tertiary/aromatic N) is 2. The van der Waals surface area contributed by atoms with Crippen LogP contribution < -0.4 is 10.6 Å². The monoisotopic (exact) mass is 320 g/mol. The molecule has 0 aromatic carbocycles. The SMILES string of the molecule is CNC(=O)CCNC(=O)Cc1csc(-n2c(C)ccc2C)n1. The zero-order valence-corrected chi connectivity index (χ0v) is 13.8. The Morgan fingerprint density at radius 1 is 1.23 bits per heavy atom. The maximum Gasteiger partial charge on any atom is 0.226 e. The van der Waals surface area contributed by atoms with Crippen molar-refractivity contribution in [2.24, 2.45) is 0 Å². The summed E-state index contributed by atoms with van der Waals surface area (Å²) >= 11 is 1.52. The van der Waals surface area contributed by atoms with E-state index < -0.39 is 0 Å². The summed E-state index contributed by atoms with van der Waals surface area (Å²) in [6.45, 7) is 4.39. The van der Waals surface area contributed by atoms with Gasteiger partial charge in [0.05, 0.1) is 12.1 Å². The highest BCUT2D eigenvalue weighted by Crippen LogP contribution is 2.20. The van der Waals surface area contributed by atoms with Crippen LogP contribution in [-0.4, -0.2) is 35.0 Å². The molecule has 0 fully saturated rings. The first-order valence-electron chi connectivity index (χ1n) is 7.08. The maximum atomic E-state index is 11.8. The summed E-state index contributed by atoms with van der Waals surface area (Å²) in [5, 5.41) is 8.00. The second kappa shape index (κ2) is 7.22. The Hall–Kier alpha value is -2.15. The first-order chi connectivity index (χ1) is 10.5. The van der Waals surface area contributed by atoms with Crippen LogP contribution in [0.15, 0.2) is 17.5 Å². The van der Waals surface area contributed by atoms with E-state index in [0.29, 0.717) is 6.54 Å². The molecule has 0 unspecified atom stereocenters. The minimum Gasteiger partial charge on any atom is -0.359 e. The number of amides is 2. The van der Waals surface area contributed by atoms with Crippen LogP contribution in [0.25, 0.3) is 5.13 Å². The molecule has 2 aromatic heterocycles. The lowest BCUT2D eigenvalue weighted by Gasteiger charge is -2.04. The van der Waals surface area contributed by atoms with Crippen molar-refractivity contribution in [2.45, 2.75) is 26.7 Å². The molecule has 2 heterocycles. The van der Waals surface area contributed by atoms with E-state index in [1.165, 1.54) is 11.3 Å². The zero-order valence-electron chi connectivity index (χ0n) is 13.0. The van der Waals surface area contributed by atoms with E-state index in [-0.39, 0.29) is 24.7 Å². The predicted molar refractivity (Wildman–Crippen MR) is 86.3 cm³/mol. The number of thiazole rings is 1. The third-order valence-electron chi connectivity index (χ3n) is 3.30. The quantitative estimate of drug-likeness (QED) is 0.843. The fraction of sp³-hybridized carbons (Fsp3) is 0.400. The maximum absolute atomic E-state index is 11.8. The molecule has 0 saturated carbocycles. The van der Waals surface area contributed by atoms with Crippen LogP contribution in [0, 0.1) is 13.8 Å². The number of rotatable bonds is 6. The standard InChI is InChI=1S/C15H20N4O2S/c1-10-4-5-11(2)19(10)15-18-12(9-22-15)8-14(21)17-7-6-13(20)16-3/h4-5,9H,6-8H2,1-3H3,(H,16,20)(H,17,21). The van der Waals surface area contributed by atoms with E-state index in [9.17, 15) is 9.59 Å². The molecule has 0 aliphatic rings. The van der Waals surface area contributed by atoms with Crippen molar-refractivity contribution in [3.05, 3.63) is 34.6 Å². The lowest BCUT2D eigenvalue weighted by atomic mass is 10.3. The van der Waals surface area contributed by atoms with Gasteiger partial charge in [0.2, 0.25) is 11.8 Å². The highest BCUT2D eigenvalue weighted by Gasteiger charge is 2.11. The lowest BCUT2D eigenvalue weighted by molar-refractivity contribution is -0.121. The molecule has 2 rings (SSSR count). The number of aryl methyl sites for hydroxylation is 2. The molecular weight excluding hydrogens is 300 g/mol. The van der Waals surface area contributed by atoms with Crippen molar-refractivity contribution in [3.8, 4) is 5.13 Å². The Morgan fingerprint density at radius 2 is 1.91 bits per heavy atom. The molecule has 2 amide bonds. The molecule has 22 heavy (non-hydrogen) atoms. The van der Waals surface area contributed by atoms with Gasteiger partial charge in [-0.15, -0.1) is 11.3 Å². The number of carbonyl (C=O) groups is 2. The Morgan fingerprint density at radius 3 is 2.55 bits per heavy atom. The molecule has 0 radical (unpaired) electrons. The summed E-state index contributed by atoms with van der Waals surface area (Å²) in [5.41, 5.74) is 2.98. The largest absolute Gasteiger partial charge is 0.359 e. The fourth-order valence-corrected chi connectivity index (χ4v) is 3.06. The number of hydrogen-bond donors (Lipinski definition) is 2. The Kier molecular flexibility index (Phi) is 5.32. The summed E-state index contributed by atoms with van der Waals surface area (Å²) in [5.74, 6) is -0.212. The van der Waals surface area contributed by atoms with Crippen LogP contribution in [0.4, 0.5) is 0 Å². The van der Waals surface area contributed by atoms with Gasteiger partial charge in [0, 0.05) is 36.8 Å². The first kappa shape index (κ1) is 16.2. The van der Waals surface area contributed by atoms with Gasteiger partial charge < -0.3 is 10.6 Å². The van der Waals surface area contributed by atoms with Crippen LogP contribution in [0.3, 0.4) is 0 Å². The molecule has 2 aromatic rings. The second-order valence-electron chi connectivity index (χ2n) is 5.02. The van der Waals surface area contributed by atoms with Gasteiger partial charge in [-0.05, 0) is 26.0 Å². The van der Waals surface area contributed by atoms with E-state index in [4.69, 9.17) is 0 Å². The Bertz CT molecular complexity index is 655. The Balaban J connectivity index is 1.92. The highest BCUT2D eigenvalue weighted by molar-refractivity contribution is 7.12. The number of aromatic nitrogens is 2. The molecule has 0 atom stereocenters. The van der Waals surface area contributed by atoms with Crippen LogP contribution in [-0.2, 0) is 16.0 Å². The zero-order chi connectivity index (χ0) is 16.1. The minimum atomic E-state index is -0.123. The topological polar surface area (TPSA) is 76.0 Å². The molecule has 0 saturated heterocycles. The first-order valence-corrected chi connectivity index (χ1v) is 7.96. The van der Waals surface area contributed by atoms with E-state index in [0.717, 1.165) is 22.2 Å². The summed E-state index contributed by atoms with van der Waals surface area (Å²) < 4.78 is 2.07. The van der Waals surface area contributed by atoms with Gasteiger partial charge in [0.15, 0.2) is 5.13 Å². The van der Waals surface area contributed by atoms with E-state index >= 15 is 0 Å². The van der Waals surface area contributed by atoms with Gasteiger partial charge in [-0.3, -0.25) is 14.2 Å². The molecule has 0 aliphatic carbocycles. The van der Waals surface area contributed by atoms with Crippen molar-refractivity contribution >= 4 is 23.2 Å². The number of carbonyl (C=O) groups excluding carboxylic acids is 2. The molecular formula is C15H20N4O2S. The molecule has 0 spiro atoms.